The van der Waals surface area contributed by atoms with Gasteiger partial charge in [-0.2, -0.15) is 0 Å². The van der Waals surface area contributed by atoms with Crippen molar-refractivity contribution in [3.05, 3.63) is 24.3 Å². The zero-order chi connectivity index (χ0) is 17.1. The zero-order valence-corrected chi connectivity index (χ0v) is 14.4. The summed E-state index contributed by atoms with van der Waals surface area (Å²) < 4.78 is 31.0. The third-order valence-corrected chi connectivity index (χ3v) is 4.35. The van der Waals surface area contributed by atoms with Crippen LogP contribution in [0.15, 0.2) is 24.3 Å². The summed E-state index contributed by atoms with van der Waals surface area (Å²) in [6.45, 7) is 3.27. The minimum atomic E-state index is -3.31. The molecule has 0 fully saturated rings. The molecule has 1 rings (SSSR count). The van der Waals surface area contributed by atoms with Gasteiger partial charge in [-0.3, -0.25) is 9.52 Å². The van der Waals surface area contributed by atoms with E-state index >= 15 is 0 Å². The van der Waals surface area contributed by atoms with Crippen LogP contribution in [0.3, 0.4) is 0 Å². The van der Waals surface area contributed by atoms with Gasteiger partial charge in [-0.05, 0) is 30.7 Å². The fourth-order valence-corrected chi connectivity index (χ4v) is 3.03. The van der Waals surface area contributed by atoms with E-state index in [4.69, 9.17) is 4.74 Å². The van der Waals surface area contributed by atoms with Crippen molar-refractivity contribution in [2.24, 2.45) is 0 Å². The van der Waals surface area contributed by atoms with E-state index in [2.05, 4.69) is 15.4 Å². The molecule has 0 bridgehead atoms. The second-order valence-corrected chi connectivity index (χ2v) is 6.91. The minimum absolute atomic E-state index is 0.106. The Labute approximate surface area is 137 Å². The molecule has 130 valence electrons. The van der Waals surface area contributed by atoms with Crippen molar-refractivity contribution in [2.75, 3.05) is 42.6 Å². The van der Waals surface area contributed by atoms with Crippen LogP contribution in [0.2, 0.25) is 0 Å². The molecule has 1 aromatic rings. The van der Waals surface area contributed by atoms with Gasteiger partial charge in [0.2, 0.25) is 15.9 Å². The van der Waals surface area contributed by atoms with Crippen LogP contribution in [-0.2, 0) is 19.6 Å². The second kappa shape index (κ2) is 10.2. The molecule has 0 atom stereocenters. The number of hydrogen-bond donors (Lipinski definition) is 3. The van der Waals surface area contributed by atoms with Crippen molar-refractivity contribution in [1.82, 2.24) is 5.32 Å². The first-order valence-corrected chi connectivity index (χ1v) is 9.22. The molecular formula is C15H25N3O4S. The van der Waals surface area contributed by atoms with Crippen molar-refractivity contribution < 1.29 is 17.9 Å². The molecule has 0 aliphatic carbocycles. The Morgan fingerprint density at radius 3 is 2.43 bits per heavy atom. The summed E-state index contributed by atoms with van der Waals surface area (Å²) in [4.78, 5) is 11.7. The smallest absolute Gasteiger partial charge is 0.238 e. The SMILES string of the molecule is CCCCS(=O)(=O)Nc1ccc(NC(=O)CNCCOC)cc1. The number of amides is 1. The van der Waals surface area contributed by atoms with Crippen molar-refractivity contribution in [3.63, 3.8) is 0 Å². The van der Waals surface area contributed by atoms with Gasteiger partial charge in [0.05, 0.1) is 18.9 Å². The monoisotopic (exact) mass is 343 g/mol. The lowest BCUT2D eigenvalue weighted by Crippen LogP contribution is -2.30. The van der Waals surface area contributed by atoms with Crippen LogP contribution < -0.4 is 15.4 Å². The number of nitrogens with one attached hydrogen (secondary N) is 3. The van der Waals surface area contributed by atoms with Crippen molar-refractivity contribution in [3.8, 4) is 0 Å². The maximum Gasteiger partial charge on any atom is 0.238 e. The average molecular weight is 343 g/mol. The van der Waals surface area contributed by atoms with E-state index in [9.17, 15) is 13.2 Å². The highest BCUT2D eigenvalue weighted by Crippen LogP contribution is 2.15. The molecule has 0 radical (unpaired) electrons. The molecule has 1 amide bonds. The summed E-state index contributed by atoms with van der Waals surface area (Å²) in [5.41, 5.74) is 1.09. The predicted molar refractivity (Wildman–Crippen MR) is 92.1 cm³/mol. The fourth-order valence-electron chi connectivity index (χ4n) is 1.77. The molecule has 0 aliphatic heterocycles. The standard InChI is InChI=1S/C15H25N3O4S/c1-3-4-11-23(20,21)18-14-7-5-13(6-8-14)17-15(19)12-16-9-10-22-2/h5-8,16,18H,3-4,9-12H2,1-2H3,(H,17,19). The van der Waals surface area contributed by atoms with Crippen LogP contribution in [0.5, 0.6) is 0 Å². The Morgan fingerprint density at radius 1 is 1.17 bits per heavy atom. The molecule has 0 unspecified atom stereocenters. The van der Waals surface area contributed by atoms with Gasteiger partial charge in [0.15, 0.2) is 0 Å². The summed E-state index contributed by atoms with van der Waals surface area (Å²) in [5, 5.41) is 5.66. The first-order chi connectivity index (χ1) is 11.0. The third-order valence-electron chi connectivity index (χ3n) is 2.98. The first kappa shape index (κ1) is 19.4. The van der Waals surface area contributed by atoms with Gasteiger partial charge in [0, 0.05) is 25.0 Å². The first-order valence-electron chi connectivity index (χ1n) is 7.57. The molecule has 0 saturated heterocycles. The number of rotatable bonds is 11. The molecule has 7 nitrogen and oxygen atoms in total. The lowest BCUT2D eigenvalue weighted by molar-refractivity contribution is -0.115. The van der Waals surface area contributed by atoms with E-state index in [1.54, 1.807) is 31.4 Å². The number of carbonyl (C=O) groups is 1. The van der Waals surface area contributed by atoms with Crippen LogP contribution in [0.4, 0.5) is 11.4 Å². The molecule has 0 aliphatic rings. The summed E-state index contributed by atoms with van der Waals surface area (Å²) >= 11 is 0. The topological polar surface area (TPSA) is 96.5 Å². The Bertz CT molecular complexity index is 573. The molecule has 0 heterocycles. The van der Waals surface area contributed by atoms with Gasteiger partial charge in [0.1, 0.15) is 0 Å². The largest absolute Gasteiger partial charge is 0.383 e. The highest BCUT2D eigenvalue weighted by atomic mass is 32.2. The number of hydrogen-bond acceptors (Lipinski definition) is 5. The summed E-state index contributed by atoms with van der Waals surface area (Å²) in [6.07, 6.45) is 1.45. The van der Waals surface area contributed by atoms with E-state index in [1.807, 2.05) is 6.92 Å². The maximum absolute atomic E-state index is 11.8. The van der Waals surface area contributed by atoms with Crippen molar-refractivity contribution in [1.29, 1.82) is 0 Å². The molecule has 8 heteroatoms. The Kier molecular flexibility index (Phi) is 8.60. The average Bonchev–Trinajstić information content (AvgIpc) is 2.51. The van der Waals surface area contributed by atoms with Crippen molar-refractivity contribution in [2.45, 2.75) is 19.8 Å². The number of carbonyl (C=O) groups excluding carboxylic acids is 1. The Morgan fingerprint density at radius 2 is 1.83 bits per heavy atom. The third kappa shape index (κ3) is 8.53. The highest BCUT2D eigenvalue weighted by molar-refractivity contribution is 7.92. The lowest BCUT2D eigenvalue weighted by atomic mass is 10.3. The quantitative estimate of drug-likeness (QED) is 0.528. The fraction of sp³-hybridized carbons (Fsp3) is 0.533. The number of methoxy groups -OCH3 is 1. The predicted octanol–water partition coefficient (Wildman–Crippen LogP) is 1.40. The summed E-state index contributed by atoms with van der Waals surface area (Å²) in [6, 6.07) is 6.56. The maximum atomic E-state index is 11.8. The van der Waals surface area contributed by atoms with E-state index in [0.29, 0.717) is 30.9 Å². The van der Waals surface area contributed by atoms with E-state index in [-0.39, 0.29) is 18.2 Å². The Balaban J connectivity index is 2.45. The molecule has 0 spiro atoms. The van der Waals surface area contributed by atoms with E-state index < -0.39 is 10.0 Å². The van der Waals surface area contributed by atoms with Crippen LogP contribution in [0.25, 0.3) is 0 Å². The van der Waals surface area contributed by atoms with Gasteiger partial charge in [0.25, 0.3) is 0 Å². The normalized spacial score (nSPS) is 11.2. The molecule has 0 aromatic heterocycles. The Hall–Kier alpha value is -1.64. The van der Waals surface area contributed by atoms with Crippen LogP contribution in [0.1, 0.15) is 19.8 Å². The van der Waals surface area contributed by atoms with Gasteiger partial charge in [-0.15, -0.1) is 0 Å². The molecule has 23 heavy (non-hydrogen) atoms. The molecular weight excluding hydrogens is 318 g/mol. The van der Waals surface area contributed by atoms with Crippen LogP contribution in [-0.4, -0.2) is 46.9 Å². The number of anilines is 2. The van der Waals surface area contributed by atoms with Crippen molar-refractivity contribution >= 4 is 27.3 Å². The second-order valence-electron chi connectivity index (χ2n) is 5.07. The number of sulfonamides is 1. The van der Waals surface area contributed by atoms with Gasteiger partial charge < -0.3 is 15.4 Å². The zero-order valence-electron chi connectivity index (χ0n) is 13.6. The minimum Gasteiger partial charge on any atom is -0.383 e. The van der Waals surface area contributed by atoms with Crippen LogP contribution >= 0.6 is 0 Å². The number of ether oxygens (including phenoxy) is 1. The summed E-state index contributed by atoms with van der Waals surface area (Å²) in [7, 11) is -1.71. The highest BCUT2D eigenvalue weighted by Gasteiger charge is 2.09. The van der Waals surface area contributed by atoms with E-state index in [1.165, 1.54) is 0 Å². The summed E-state index contributed by atoms with van der Waals surface area (Å²) in [5.74, 6) is -0.0628. The number of unbranched alkanes of at least 4 members (excludes halogenated alkanes) is 1. The molecule has 3 N–H and O–H groups in total. The van der Waals surface area contributed by atoms with Gasteiger partial charge >= 0.3 is 0 Å². The van der Waals surface area contributed by atoms with Gasteiger partial charge in [-0.1, -0.05) is 13.3 Å². The molecule has 0 saturated carbocycles. The lowest BCUT2D eigenvalue weighted by Gasteiger charge is -2.09. The van der Waals surface area contributed by atoms with Gasteiger partial charge in [-0.25, -0.2) is 8.42 Å². The van der Waals surface area contributed by atoms with Crippen LogP contribution in [0, 0.1) is 0 Å². The van der Waals surface area contributed by atoms with E-state index in [0.717, 1.165) is 6.42 Å². The number of benzene rings is 1. The molecule has 1 aromatic carbocycles.